The highest BCUT2D eigenvalue weighted by Crippen LogP contribution is 2.09. The van der Waals surface area contributed by atoms with E-state index in [4.69, 9.17) is 9.15 Å². The van der Waals surface area contributed by atoms with Crippen LogP contribution < -0.4 is 5.32 Å². The van der Waals surface area contributed by atoms with Crippen molar-refractivity contribution in [2.24, 2.45) is 0 Å². The molecular weight excluding hydrogens is 276 g/mol. The summed E-state index contributed by atoms with van der Waals surface area (Å²) in [5, 5.41) is 11.9. The maximum atomic E-state index is 12.1. The van der Waals surface area contributed by atoms with Gasteiger partial charge >= 0.3 is 0 Å². The third kappa shape index (κ3) is 4.30. The topological polar surface area (TPSA) is 92.0 Å². The van der Waals surface area contributed by atoms with Crippen molar-refractivity contribution in [2.45, 2.75) is 18.9 Å². The van der Waals surface area contributed by atoms with Gasteiger partial charge in [0.05, 0.1) is 32.1 Å². The maximum absolute atomic E-state index is 12.1. The minimum atomic E-state index is -0.285. The lowest BCUT2D eigenvalue weighted by Gasteiger charge is -2.34. The zero-order valence-electron chi connectivity index (χ0n) is 11.8. The number of nitrogens with one attached hydrogen (secondary N) is 1. The number of hydrogen-bond donors (Lipinski definition) is 2. The van der Waals surface area contributed by atoms with Crippen molar-refractivity contribution in [1.82, 2.24) is 10.2 Å². The molecule has 0 saturated carbocycles. The molecule has 1 aliphatic heterocycles. The molecule has 1 aromatic heterocycles. The van der Waals surface area contributed by atoms with Crippen LogP contribution in [0.2, 0.25) is 0 Å². The van der Waals surface area contributed by atoms with Gasteiger partial charge in [0.25, 0.3) is 5.91 Å². The molecule has 7 nitrogen and oxygen atoms in total. The molecule has 21 heavy (non-hydrogen) atoms. The molecule has 0 radical (unpaired) electrons. The molecule has 1 fully saturated rings. The SMILES string of the molecule is O=C(NCCCC(=O)N1CCOCC1CO)c1ccco1. The fourth-order valence-electron chi connectivity index (χ4n) is 2.21. The first-order valence-electron chi connectivity index (χ1n) is 7.02. The lowest BCUT2D eigenvalue weighted by molar-refractivity contribution is -0.141. The Morgan fingerprint density at radius 1 is 1.48 bits per heavy atom. The van der Waals surface area contributed by atoms with Gasteiger partial charge in [-0.15, -0.1) is 0 Å². The predicted molar refractivity (Wildman–Crippen MR) is 73.7 cm³/mol. The predicted octanol–water partition coefficient (Wildman–Crippen LogP) is 0.00930. The zero-order valence-corrected chi connectivity index (χ0v) is 11.8. The zero-order chi connectivity index (χ0) is 15.1. The molecule has 1 aliphatic rings. The summed E-state index contributed by atoms with van der Waals surface area (Å²) >= 11 is 0. The summed E-state index contributed by atoms with van der Waals surface area (Å²) in [7, 11) is 0. The molecule has 1 saturated heterocycles. The molecule has 0 bridgehead atoms. The number of ether oxygens (including phenoxy) is 1. The monoisotopic (exact) mass is 296 g/mol. The van der Waals surface area contributed by atoms with Crippen LogP contribution in [0.15, 0.2) is 22.8 Å². The number of aliphatic hydroxyl groups is 1. The smallest absolute Gasteiger partial charge is 0.286 e. The maximum Gasteiger partial charge on any atom is 0.286 e. The Labute approximate surface area is 122 Å². The number of hydrogen-bond acceptors (Lipinski definition) is 5. The summed E-state index contributed by atoms with van der Waals surface area (Å²) in [6.45, 7) is 1.68. The molecule has 0 aromatic carbocycles. The first-order valence-corrected chi connectivity index (χ1v) is 7.02. The first kappa shape index (κ1) is 15.5. The van der Waals surface area contributed by atoms with Crippen molar-refractivity contribution in [2.75, 3.05) is 32.9 Å². The molecule has 2 rings (SSSR count). The average Bonchev–Trinajstić information content (AvgIpc) is 3.05. The largest absolute Gasteiger partial charge is 0.459 e. The van der Waals surface area contributed by atoms with Crippen LogP contribution in [-0.4, -0.2) is 60.8 Å². The Kier molecular flexibility index (Phi) is 5.77. The Morgan fingerprint density at radius 3 is 3.05 bits per heavy atom. The lowest BCUT2D eigenvalue weighted by atomic mass is 10.2. The van der Waals surface area contributed by atoms with Crippen LogP contribution >= 0.6 is 0 Å². The van der Waals surface area contributed by atoms with Crippen LogP contribution in [-0.2, 0) is 9.53 Å². The van der Waals surface area contributed by atoms with Crippen molar-refractivity contribution in [3.63, 3.8) is 0 Å². The van der Waals surface area contributed by atoms with Gasteiger partial charge < -0.3 is 24.5 Å². The number of carbonyl (C=O) groups is 2. The highest BCUT2D eigenvalue weighted by Gasteiger charge is 2.26. The van der Waals surface area contributed by atoms with Gasteiger partial charge in [-0.2, -0.15) is 0 Å². The van der Waals surface area contributed by atoms with E-state index < -0.39 is 0 Å². The minimum Gasteiger partial charge on any atom is -0.459 e. The van der Waals surface area contributed by atoms with Gasteiger partial charge in [-0.1, -0.05) is 0 Å². The lowest BCUT2D eigenvalue weighted by Crippen LogP contribution is -2.50. The van der Waals surface area contributed by atoms with Crippen LogP contribution in [0, 0.1) is 0 Å². The van der Waals surface area contributed by atoms with Crippen LogP contribution in [0.4, 0.5) is 0 Å². The standard InChI is InChI=1S/C14H20N2O5/c17-9-11-10-20-8-6-16(11)13(18)4-1-5-15-14(19)12-3-2-7-21-12/h2-3,7,11,17H,1,4-6,8-10H2,(H,15,19). The van der Waals surface area contributed by atoms with E-state index in [9.17, 15) is 14.7 Å². The van der Waals surface area contributed by atoms with E-state index in [1.807, 2.05) is 0 Å². The number of furan rings is 1. The van der Waals surface area contributed by atoms with Crippen LogP contribution in [0.5, 0.6) is 0 Å². The van der Waals surface area contributed by atoms with Gasteiger partial charge in [0, 0.05) is 19.5 Å². The minimum absolute atomic E-state index is 0.0235. The number of amides is 2. The first-order chi connectivity index (χ1) is 10.2. The van der Waals surface area contributed by atoms with Gasteiger partial charge in [0.2, 0.25) is 5.91 Å². The van der Waals surface area contributed by atoms with E-state index in [0.717, 1.165) is 0 Å². The molecule has 1 unspecified atom stereocenters. The van der Waals surface area contributed by atoms with E-state index in [1.54, 1.807) is 17.0 Å². The third-order valence-electron chi connectivity index (χ3n) is 3.36. The Balaban J connectivity index is 1.68. The highest BCUT2D eigenvalue weighted by molar-refractivity contribution is 5.91. The second kappa shape index (κ2) is 7.80. The van der Waals surface area contributed by atoms with E-state index in [-0.39, 0.29) is 30.2 Å². The summed E-state index contributed by atoms with van der Waals surface area (Å²) in [5.41, 5.74) is 0. The Morgan fingerprint density at radius 2 is 2.33 bits per heavy atom. The summed E-state index contributed by atoms with van der Waals surface area (Å²) in [6.07, 6.45) is 2.31. The van der Waals surface area contributed by atoms with Crippen molar-refractivity contribution < 1.29 is 23.8 Å². The molecule has 1 aromatic rings. The molecule has 116 valence electrons. The molecule has 2 N–H and O–H groups in total. The van der Waals surface area contributed by atoms with E-state index in [1.165, 1.54) is 6.26 Å². The summed E-state index contributed by atoms with van der Waals surface area (Å²) in [4.78, 5) is 25.3. The number of aliphatic hydroxyl groups excluding tert-OH is 1. The van der Waals surface area contributed by atoms with E-state index in [0.29, 0.717) is 39.1 Å². The highest BCUT2D eigenvalue weighted by atomic mass is 16.5. The van der Waals surface area contributed by atoms with Crippen molar-refractivity contribution in [3.8, 4) is 0 Å². The van der Waals surface area contributed by atoms with Crippen molar-refractivity contribution in [3.05, 3.63) is 24.2 Å². The number of nitrogens with zero attached hydrogens (tertiary/aromatic N) is 1. The average molecular weight is 296 g/mol. The van der Waals surface area contributed by atoms with Crippen molar-refractivity contribution >= 4 is 11.8 Å². The molecule has 0 aliphatic carbocycles. The van der Waals surface area contributed by atoms with Crippen LogP contribution in [0.3, 0.4) is 0 Å². The molecular formula is C14H20N2O5. The van der Waals surface area contributed by atoms with Gasteiger partial charge in [-0.3, -0.25) is 9.59 Å². The molecule has 0 spiro atoms. The quantitative estimate of drug-likeness (QED) is 0.721. The summed E-state index contributed by atoms with van der Waals surface area (Å²) in [5.74, 6) is -0.0495. The number of morpholine rings is 1. The Hall–Kier alpha value is -1.86. The number of rotatable bonds is 6. The second-order valence-corrected chi connectivity index (χ2v) is 4.84. The molecule has 1 atom stereocenters. The summed E-state index contributed by atoms with van der Waals surface area (Å²) in [6, 6.07) is 2.97. The van der Waals surface area contributed by atoms with Gasteiger partial charge in [-0.05, 0) is 18.6 Å². The van der Waals surface area contributed by atoms with E-state index >= 15 is 0 Å². The number of carbonyl (C=O) groups excluding carboxylic acids is 2. The normalized spacial score (nSPS) is 18.5. The fourth-order valence-corrected chi connectivity index (χ4v) is 2.21. The summed E-state index contributed by atoms with van der Waals surface area (Å²) < 4.78 is 10.2. The van der Waals surface area contributed by atoms with E-state index in [2.05, 4.69) is 5.32 Å². The fraction of sp³-hybridized carbons (Fsp3) is 0.571. The Bertz CT molecular complexity index is 460. The molecule has 7 heteroatoms. The third-order valence-corrected chi connectivity index (χ3v) is 3.36. The van der Waals surface area contributed by atoms with Crippen molar-refractivity contribution in [1.29, 1.82) is 0 Å². The second-order valence-electron chi connectivity index (χ2n) is 4.84. The molecule has 2 heterocycles. The van der Waals surface area contributed by atoms with Gasteiger partial charge in [0.1, 0.15) is 0 Å². The van der Waals surface area contributed by atoms with Crippen LogP contribution in [0.1, 0.15) is 23.4 Å². The molecule has 2 amide bonds. The van der Waals surface area contributed by atoms with Gasteiger partial charge in [0.15, 0.2) is 5.76 Å². The van der Waals surface area contributed by atoms with Gasteiger partial charge in [-0.25, -0.2) is 0 Å². The van der Waals surface area contributed by atoms with Crippen LogP contribution in [0.25, 0.3) is 0 Å².